The van der Waals surface area contributed by atoms with E-state index in [9.17, 15) is 14.7 Å². The molecule has 2 N–H and O–H groups in total. The number of nitrogens with one attached hydrogen (secondary N) is 1. The van der Waals surface area contributed by atoms with Crippen LogP contribution in [0.5, 0.6) is 5.75 Å². The lowest BCUT2D eigenvalue weighted by atomic mass is 9.96. The number of aromatic hydroxyl groups is 1. The molecular formula is C19H18Cl2N2O3. The summed E-state index contributed by atoms with van der Waals surface area (Å²) in [6.45, 7) is 0.901. The molecule has 1 fully saturated rings. The maximum Gasteiger partial charge on any atom is 0.253 e. The summed E-state index contributed by atoms with van der Waals surface area (Å²) in [6.07, 6.45) is 1.41. The number of benzene rings is 2. The molecule has 0 spiro atoms. The van der Waals surface area contributed by atoms with Crippen LogP contribution in [0.3, 0.4) is 0 Å². The molecule has 5 nitrogen and oxygen atoms in total. The molecule has 136 valence electrons. The molecule has 2 amide bonds. The first kappa shape index (κ1) is 18.5. The minimum absolute atomic E-state index is 0.0143. The van der Waals surface area contributed by atoms with Crippen molar-refractivity contribution in [2.45, 2.75) is 12.8 Å². The third kappa shape index (κ3) is 4.11. The number of anilines is 1. The van der Waals surface area contributed by atoms with Crippen LogP contribution >= 0.6 is 23.2 Å². The number of piperidine rings is 1. The van der Waals surface area contributed by atoms with Crippen molar-refractivity contribution >= 4 is 40.7 Å². The zero-order chi connectivity index (χ0) is 18.7. The fourth-order valence-corrected chi connectivity index (χ4v) is 3.30. The molecule has 1 unspecified atom stereocenters. The molecule has 7 heteroatoms. The Kier molecular flexibility index (Phi) is 5.69. The minimum Gasteiger partial charge on any atom is -0.506 e. The Bertz CT molecular complexity index is 841. The zero-order valence-electron chi connectivity index (χ0n) is 13.9. The first-order valence-corrected chi connectivity index (χ1v) is 9.04. The molecule has 1 atom stereocenters. The topological polar surface area (TPSA) is 69.6 Å². The molecule has 2 aromatic rings. The standard InChI is InChI=1S/C19H18Cl2N2O3/c20-14-8-7-12(10-15(14)21)19(26)23-9-3-4-13(11-23)18(25)22-16-5-1-2-6-17(16)24/h1-2,5-8,10,13,24H,3-4,9,11H2,(H,22,25). The summed E-state index contributed by atoms with van der Waals surface area (Å²) in [5, 5.41) is 13.2. The van der Waals surface area contributed by atoms with Gasteiger partial charge in [-0.2, -0.15) is 0 Å². The van der Waals surface area contributed by atoms with E-state index in [-0.39, 0.29) is 23.5 Å². The number of carbonyl (C=O) groups is 2. The molecule has 1 heterocycles. The van der Waals surface area contributed by atoms with Crippen molar-refractivity contribution in [1.29, 1.82) is 0 Å². The van der Waals surface area contributed by atoms with Crippen molar-refractivity contribution in [1.82, 2.24) is 4.90 Å². The summed E-state index contributed by atoms with van der Waals surface area (Å²) in [5.74, 6) is -0.711. The van der Waals surface area contributed by atoms with E-state index in [1.54, 1.807) is 35.2 Å². The van der Waals surface area contributed by atoms with Gasteiger partial charge >= 0.3 is 0 Å². The van der Waals surface area contributed by atoms with Crippen LogP contribution in [-0.2, 0) is 4.79 Å². The van der Waals surface area contributed by atoms with E-state index in [1.165, 1.54) is 12.1 Å². The molecule has 2 aromatic carbocycles. The Morgan fingerprint density at radius 3 is 2.62 bits per heavy atom. The van der Waals surface area contributed by atoms with Crippen molar-refractivity contribution in [2.24, 2.45) is 5.92 Å². The third-order valence-corrected chi connectivity index (χ3v) is 5.15. The van der Waals surface area contributed by atoms with Gasteiger partial charge in [0.05, 0.1) is 21.7 Å². The lowest BCUT2D eigenvalue weighted by Crippen LogP contribution is -2.43. The summed E-state index contributed by atoms with van der Waals surface area (Å²) in [7, 11) is 0. The molecule has 3 rings (SSSR count). The molecule has 1 aliphatic heterocycles. The van der Waals surface area contributed by atoms with Gasteiger partial charge in [-0.05, 0) is 43.2 Å². The van der Waals surface area contributed by atoms with E-state index in [0.717, 1.165) is 6.42 Å². The SMILES string of the molecule is O=C(Nc1ccccc1O)C1CCCN(C(=O)c2ccc(Cl)c(Cl)c2)C1. The van der Waals surface area contributed by atoms with Crippen LogP contribution in [0.2, 0.25) is 10.0 Å². The smallest absolute Gasteiger partial charge is 0.253 e. The van der Waals surface area contributed by atoms with Gasteiger partial charge in [0.1, 0.15) is 5.75 Å². The average molecular weight is 393 g/mol. The largest absolute Gasteiger partial charge is 0.506 e. The first-order chi connectivity index (χ1) is 12.5. The summed E-state index contributed by atoms with van der Waals surface area (Å²) < 4.78 is 0. The van der Waals surface area contributed by atoms with E-state index < -0.39 is 0 Å². The summed E-state index contributed by atoms with van der Waals surface area (Å²) in [5.41, 5.74) is 0.812. The monoisotopic (exact) mass is 392 g/mol. The Morgan fingerprint density at radius 1 is 1.12 bits per heavy atom. The van der Waals surface area contributed by atoms with Crippen molar-refractivity contribution in [2.75, 3.05) is 18.4 Å². The first-order valence-electron chi connectivity index (χ1n) is 8.29. The number of rotatable bonds is 3. The normalized spacial score (nSPS) is 17.0. The Balaban J connectivity index is 1.68. The molecule has 0 bridgehead atoms. The summed E-state index contributed by atoms with van der Waals surface area (Å²) in [4.78, 5) is 26.9. The molecule has 26 heavy (non-hydrogen) atoms. The van der Waals surface area contributed by atoms with Gasteiger partial charge in [0, 0.05) is 18.7 Å². The van der Waals surface area contributed by atoms with Gasteiger partial charge < -0.3 is 15.3 Å². The lowest BCUT2D eigenvalue weighted by molar-refractivity contribution is -0.121. The number of nitrogens with zero attached hydrogens (tertiary/aromatic N) is 1. The van der Waals surface area contributed by atoms with Crippen molar-refractivity contribution in [3.05, 3.63) is 58.1 Å². The highest BCUT2D eigenvalue weighted by Crippen LogP contribution is 2.26. The molecule has 0 aliphatic carbocycles. The fourth-order valence-electron chi connectivity index (χ4n) is 3.00. The van der Waals surface area contributed by atoms with Gasteiger partial charge in [0.15, 0.2) is 0 Å². The second-order valence-electron chi connectivity index (χ2n) is 6.23. The van der Waals surface area contributed by atoms with Crippen LogP contribution < -0.4 is 5.32 Å². The van der Waals surface area contributed by atoms with Gasteiger partial charge in [-0.3, -0.25) is 9.59 Å². The molecular weight excluding hydrogens is 375 g/mol. The Morgan fingerprint density at radius 2 is 1.88 bits per heavy atom. The summed E-state index contributed by atoms with van der Waals surface area (Å²) in [6, 6.07) is 11.3. The van der Waals surface area contributed by atoms with E-state index in [1.807, 2.05) is 0 Å². The van der Waals surface area contributed by atoms with Crippen LogP contribution in [-0.4, -0.2) is 34.9 Å². The number of para-hydroxylation sites is 2. The van der Waals surface area contributed by atoms with Gasteiger partial charge in [0.2, 0.25) is 5.91 Å². The Hall–Kier alpha value is -2.24. The third-order valence-electron chi connectivity index (χ3n) is 4.41. The predicted molar refractivity (Wildman–Crippen MR) is 102 cm³/mol. The number of phenols is 1. The fraction of sp³-hybridized carbons (Fsp3) is 0.263. The maximum atomic E-state index is 12.7. The number of amides is 2. The number of carbonyl (C=O) groups excluding carboxylic acids is 2. The van der Waals surface area contributed by atoms with Crippen LogP contribution in [0.15, 0.2) is 42.5 Å². The molecule has 1 saturated heterocycles. The minimum atomic E-state index is -0.338. The highest BCUT2D eigenvalue weighted by Gasteiger charge is 2.29. The van der Waals surface area contributed by atoms with Crippen LogP contribution in [0, 0.1) is 5.92 Å². The quantitative estimate of drug-likeness (QED) is 0.769. The average Bonchev–Trinajstić information content (AvgIpc) is 2.65. The molecule has 0 radical (unpaired) electrons. The number of hydrogen-bond donors (Lipinski definition) is 2. The zero-order valence-corrected chi connectivity index (χ0v) is 15.4. The van der Waals surface area contributed by atoms with E-state index in [0.29, 0.717) is 40.8 Å². The van der Waals surface area contributed by atoms with Crippen molar-refractivity contribution in [3.8, 4) is 5.75 Å². The van der Waals surface area contributed by atoms with Gasteiger partial charge in [0.25, 0.3) is 5.91 Å². The molecule has 0 aromatic heterocycles. The lowest BCUT2D eigenvalue weighted by Gasteiger charge is -2.32. The van der Waals surface area contributed by atoms with Gasteiger partial charge in [-0.25, -0.2) is 0 Å². The highest BCUT2D eigenvalue weighted by molar-refractivity contribution is 6.42. The summed E-state index contributed by atoms with van der Waals surface area (Å²) >= 11 is 11.9. The molecule has 0 saturated carbocycles. The van der Waals surface area contributed by atoms with E-state index in [2.05, 4.69) is 5.32 Å². The maximum absolute atomic E-state index is 12.7. The Labute approximate surface area is 161 Å². The van der Waals surface area contributed by atoms with Crippen molar-refractivity contribution in [3.63, 3.8) is 0 Å². The van der Waals surface area contributed by atoms with E-state index in [4.69, 9.17) is 23.2 Å². The highest BCUT2D eigenvalue weighted by atomic mass is 35.5. The van der Waals surface area contributed by atoms with Gasteiger partial charge in [-0.1, -0.05) is 35.3 Å². The van der Waals surface area contributed by atoms with E-state index >= 15 is 0 Å². The van der Waals surface area contributed by atoms with Crippen molar-refractivity contribution < 1.29 is 14.7 Å². The number of halogens is 2. The van der Waals surface area contributed by atoms with Crippen LogP contribution in [0.1, 0.15) is 23.2 Å². The van der Waals surface area contributed by atoms with Gasteiger partial charge in [-0.15, -0.1) is 0 Å². The van der Waals surface area contributed by atoms with Crippen LogP contribution in [0.4, 0.5) is 5.69 Å². The second-order valence-corrected chi connectivity index (χ2v) is 7.04. The second kappa shape index (κ2) is 7.98. The van der Waals surface area contributed by atoms with Crippen LogP contribution in [0.25, 0.3) is 0 Å². The number of likely N-dealkylation sites (tertiary alicyclic amines) is 1. The number of hydrogen-bond acceptors (Lipinski definition) is 3. The predicted octanol–water partition coefficient (Wildman–Crippen LogP) is 4.19. The number of phenolic OH excluding ortho intramolecular Hbond substituents is 1. The molecule has 1 aliphatic rings.